The molecule has 1 aromatic carbocycles. The van der Waals surface area contributed by atoms with Crippen LogP contribution >= 0.6 is 0 Å². The van der Waals surface area contributed by atoms with Crippen LogP contribution in [0.3, 0.4) is 0 Å². The maximum atomic E-state index is 13.8. The highest BCUT2D eigenvalue weighted by molar-refractivity contribution is 5.99. The standard InChI is InChI=1S/C34H51N7O4/c1-22-16-23(2)37-34(44)31(22)20-35-33(43)30-17-26(27-19-36-41(21-27)11-10-40-12-14-45-15-13-40)18-32(24(30)3)39(5)29-8-6-28(7-9-29)38-25(4)42/h17-19,21-23,28-29,31H,6-16,20H2,1-5H3,(H,35,43)(H,37,44)(H,38,42)/t22?,23?,28-,29-,31?. The number of hydrogen-bond donors (Lipinski definition) is 3. The second-order valence-electron chi connectivity index (χ2n) is 13.4. The number of carbonyl (C=O) groups excluding carboxylic acids is 3. The summed E-state index contributed by atoms with van der Waals surface area (Å²) >= 11 is 0. The number of ether oxygens (including phenoxy) is 1. The van der Waals surface area contributed by atoms with Gasteiger partial charge in [-0.3, -0.25) is 24.0 Å². The highest BCUT2D eigenvalue weighted by Crippen LogP contribution is 2.34. The van der Waals surface area contributed by atoms with Crippen molar-refractivity contribution in [3.63, 3.8) is 0 Å². The molecule has 0 bridgehead atoms. The van der Waals surface area contributed by atoms with E-state index in [4.69, 9.17) is 4.74 Å². The van der Waals surface area contributed by atoms with Crippen molar-refractivity contribution in [2.24, 2.45) is 11.8 Å². The molecule has 2 aliphatic heterocycles. The molecule has 1 aliphatic carbocycles. The number of hydrogen-bond acceptors (Lipinski definition) is 7. The van der Waals surface area contributed by atoms with E-state index in [1.54, 1.807) is 6.92 Å². The number of aromatic nitrogens is 2. The van der Waals surface area contributed by atoms with Gasteiger partial charge in [-0.2, -0.15) is 5.10 Å². The van der Waals surface area contributed by atoms with Crippen LogP contribution in [0.2, 0.25) is 0 Å². The van der Waals surface area contributed by atoms with E-state index in [2.05, 4.69) is 57.1 Å². The lowest BCUT2D eigenvalue weighted by Crippen LogP contribution is -2.50. The number of nitrogens with zero attached hydrogens (tertiary/aromatic N) is 4. The van der Waals surface area contributed by atoms with Crippen LogP contribution in [-0.4, -0.2) is 97.0 Å². The monoisotopic (exact) mass is 621 g/mol. The van der Waals surface area contributed by atoms with Gasteiger partial charge in [-0.15, -0.1) is 0 Å². The molecule has 11 nitrogen and oxygen atoms in total. The topological polar surface area (TPSA) is 121 Å². The molecular weight excluding hydrogens is 570 g/mol. The van der Waals surface area contributed by atoms with Crippen LogP contribution in [0, 0.1) is 18.8 Å². The van der Waals surface area contributed by atoms with E-state index in [0.29, 0.717) is 18.2 Å². The summed E-state index contributed by atoms with van der Waals surface area (Å²) in [6.07, 6.45) is 8.61. The lowest BCUT2D eigenvalue weighted by Gasteiger charge is -2.37. The third-order valence-electron chi connectivity index (χ3n) is 9.99. The maximum absolute atomic E-state index is 13.8. The Bertz CT molecular complexity index is 1350. The van der Waals surface area contributed by atoms with Crippen LogP contribution in [0.5, 0.6) is 0 Å². The van der Waals surface area contributed by atoms with Crippen LogP contribution in [0.25, 0.3) is 11.1 Å². The highest BCUT2D eigenvalue weighted by atomic mass is 16.5. The lowest BCUT2D eigenvalue weighted by molar-refractivity contribution is -0.129. The molecule has 3 atom stereocenters. The Morgan fingerprint density at radius 3 is 2.51 bits per heavy atom. The van der Waals surface area contributed by atoms with Gasteiger partial charge in [0.25, 0.3) is 5.91 Å². The second kappa shape index (κ2) is 14.8. The maximum Gasteiger partial charge on any atom is 0.251 e. The summed E-state index contributed by atoms with van der Waals surface area (Å²) < 4.78 is 7.45. The van der Waals surface area contributed by atoms with Crippen molar-refractivity contribution < 1.29 is 19.1 Å². The Morgan fingerprint density at radius 2 is 1.82 bits per heavy atom. The molecule has 45 heavy (non-hydrogen) atoms. The van der Waals surface area contributed by atoms with Gasteiger partial charge in [0, 0.05) is 81.3 Å². The molecule has 3 N–H and O–H groups in total. The summed E-state index contributed by atoms with van der Waals surface area (Å²) in [4.78, 5) is 42.8. The Labute approximate surface area is 267 Å². The molecule has 11 heteroatoms. The van der Waals surface area contributed by atoms with E-state index in [9.17, 15) is 14.4 Å². The predicted octanol–water partition coefficient (Wildman–Crippen LogP) is 2.96. The van der Waals surface area contributed by atoms with Crippen LogP contribution in [0.4, 0.5) is 5.69 Å². The molecule has 0 spiro atoms. The first-order chi connectivity index (χ1) is 21.6. The van der Waals surface area contributed by atoms with Gasteiger partial charge in [0.1, 0.15) is 0 Å². The van der Waals surface area contributed by atoms with E-state index in [1.165, 1.54) is 0 Å². The van der Waals surface area contributed by atoms with Gasteiger partial charge in [-0.05, 0) is 75.1 Å². The zero-order valence-electron chi connectivity index (χ0n) is 27.6. The average molecular weight is 622 g/mol. The Balaban J connectivity index is 1.37. The minimum atomic E-state index is -0.251. The molecule has 2 saturated heterocycles. The number of benzene rings is 1. The third-order valence-corrected chi connectivity index (χ3v) is 9.99. The van der Waals surface area contributed by atoms with Crippen LogP contribution in [0.15, 0.2) is 24.5 Å². The fourth-order valence-corrected chi connectivity index (χ4v) is 7.24. The smallest absolute Gasteiger partial charge is 0.251 e. The number of piperidine rings is 1. The third kappa shape index (κ3) is 8.24. The first-order valence-corrected chi connectivity index (χ1v) is 16.6. The summed E-state index contributed by atoms with van der Waals surface area (Å²) in [6, 6.07) is 4.80. The number of amides is 3. The average Bonchev–Trinajstić information content (AvgIpc) is 3.49. The summed E-state index contributed by atoms with van der Waals surface area (Å²) in [5, 5.41) is 13.9. The van der Waals surface area contributed by atoms with Gasteiger partial charge in [-0.25, -0.2) is 0 Å². The van der Waals surface area contributed by atoms with Crippen molar-refractivity contribution >= 4 is 23.4 Å². The summed E-state index contributed by atoms with van der Waals surface area (Å²) in [7, 11) is 2.11. The molecule has 3 aliphatic rings. The minimum absolute atomic E-state index is 0.00630. The highest BCUT2D eigenvalue weighted by Gasteiger charge is 2.33. The van der Waals surface area contributed by atoms with Gasteiger partial charge in [-0.1, -0.05) is 6.92 Å². The fraction of sp³-hybridized carbons (Fsp3) is 0.647. The van der Waals surface area contributed by atoms with Gasteiger partial charge in [0.05, 0.1) is 31.9 Å². The van der Waals surface area contributed by atoms with Crippen LogP contribution < -0.4 is 20.9 Å². The van der Waals surface area contributed by atoms with Crippen molar-refractivity contribution in [2.75, 3.05) is 51.3 Å². The molecule has 1 aromatic heterocycles. The van der Waals surface area contributed by atoms with Gasteiger partial charge in [0.2, 0.25) is 11.8 Å². The second-order valence-corrected chi connectivity index (χ2v) is 13.4. The van der Waals surface area contributed by atoms with Gasteiger partial charge in [0.15, 0.2) is 0 Å². The normalized spacial score (nSPS) is 25.8. The van der Waals surface area contributed by atoms with Crippen molar-refractivity contribution in [3.05, 3.63) is 35.7 Å². The van der Waals surface area contributed by atoms with E-state index in [-0.39, 0.29) is 41.6 Å². The van der Waals surface area contributed by atoms with Crippen molar-refractivity contribution in [2.45, 2.75) is 84.5 Å². The lowest BCUT2D eigenvalue weighted by atomic mass is 9.84. The van der Waals surface area contributed by atoms with E-state index in [1.807, 2.05) is 30.8 Å². The van der Waals surface area contributed by atoms with Crippen LogP contribution in [0.1, 0.15) is 68.8 Å². The Kier molecular flexibility index (Phi) is 10.8. The van der Waals surface area contributed by atoms with Crippen LogP contribution in [-0.2, 0) is 20.9 Å². The Morgan fingerprint density at radius 1 is 1.09 bits per heavy atom. The molecule has 3 amide bonds. The number of anilines is 1. The van der Waals surface area contributed by atoms with Crippen molar-refractivity contribution in [1.82, 2.24) is 30.6 Å². The van der Waals surface area contributed by atoms with E-state index >= 15 is 0 Å². The number of carbonyl (C=O) groups is 3. The molecule has 0 radical (unpaired) electrons. The predicted molar refractivity (Wildman–Crippen MR) is 175 cm³/mol. The largest absolute Gasteiger partial charge is 0.379 e. The molecule has 246 valence electrons. The fourth-order valence-electron chi connectivity index (χ4n) is 7.24. The zero-order chi connectivity index (χ0) is 32.1. The Hall–Kier alpha value is -3.44. The SMILES string of the molecule is CC(=O)N[C@H]1CC[C@H](N(C)c2cc(-c3cnn(CCN4CCOCC4)c3)cc(C(=O)NCC3C(=O)NC(C)CC3C)c2C)CC1. The number of morpholine rings is 1. The molecule has 1 saturated carbocycles. The molecule has 3 fully saturated rings. The summed E-state index contributed by atoms with van der Waals surface area (Å²) in [5.41, 5.74) is 4.44. The number of rotatable bonds is 10. The summed E-state index contributed by atoms with van der Waals surface area (Å²) in [5.74, 6) is -0.201. The summed E-state index contributed by atoms with van der Waals surface area (Å²) in [6.45, 7) is 13.1. The van der Waals surface area contributed by atoms with Gasteiger partial charge >= 0.3 is 0 Å². The first kappa shape index (κ1) is 32.9. The van der Waals surface area contributed by atoms with Crippen molar-refractivity contribution in [3.8, 4) is 11.1 Å². The minimum Gasteiger partial charge on any atom is -0.379 e. The number of nitrogens with one attached hydrogen (secondary N) is 3. The first-order valence-electron chi connectivity index (χ1n) is 16.6. The van der Waals surface area contributed by atoms with Crippen molar-refractivity contribution in [1.29, 1.82) is 0 Å². The molecule has 3 heterocycles. The molecule has 3 unspecified atom stereocenters. The van der Waals surface area contributed by atoms with E-state index < -0.39 is 0 Å². The van der Waals surface area contributed by atoms with Gasteiger partial charge < -0.3 is 25.6 Å². The molecule has 2 aromatic rings. The zero-order valence-corrected chi connectivity index (χ0v) is 27.6. The molecular formula is C34H51N7O4. The molecule has 5 rings (SSSR count). The van der Waals surface area contributed by atoms with E-state index in [0.717, 1.165) is 93.9 Å². The quantitative estimate of drug-likeness (QED) is 0.373.